The molecular formula is C11H20N2O3S. The van der Waals surface area contributed by atoms with Crippen LogP contribution in [0.3, 0.4) is 0 Å². The molecule has 0 bridgehead atoms. The van der Waals surface area contributed by atoms with E-state index < -0.39 is 16.1 Å². The molecule has 1 heterocycles. The fourth-order valence-electron chi connectivity index (χ4n) is 3.06. The summed E-state index contributed by atoms with van der Waals surface area (Å²) in [5, 5.41) is 0. The first kappa shape index (κ1) is 12.8. The third-order valence-electron chi connectivity index (χ3n) is 3.80. The Hall–Kier alpha value is -0.620. The van der Waals surface area contributed by atoms with Gasteiger partial charge >= 0.3 is 0 Å². The summed E-state index contributed by atoms with van der Waals surface area (Å²) in [4.78, 5) is 13.9. The van der Waals surface area contributed by atoms with E-state index >= 15 is 0 Å². The van der Waals surface area contributed by atoms with Crippen LogP contribution in [-0.2, 0) is 14.8 Å². The summed E-state index contributed by atoms with van der Waals surface area (Å²) in [6, 6.07) is -0.649. The molecule has 1 aliphatic carbocycles. The molecule has 1 saturated carbocycles. The lowest BCUT2D eigenvalue weighted by Gasteiger charge is -2.21. The number of hydrogen-bond donors (Lipinski definition) is 1. The minimum absolute atomic E-state index is 0.0928. The number of hydrogen-bond acceptors (Lipinski definition) is 3. The zero-order chi connectivity index (χ0) is 12.6. The number of likely N-dealkylation sites (tertiary alicyclic amines) is 1. The molecular weight excluding hydrogens is 240 g/mol. The van der Waals surface area contributed by atoms with Gasteiger partial charge in [0.2, 0.25) is 15.9 Å². The molecule has 1 amide bonds. The molecule has 0 unspecified atom stereocenters. The largest absolute Gasteiger partial charge is 0.341 e. The quantitative estimate of drug-likeness (QED) is 0.787. The maximum absolute atomic E-state index is 12.1. The van der Waals surface area contributed by atoms with Gasteiger partial charge in [0.25, 0.3) is 0 Å². The Morgan fingerprint density at radius 1 is 1.29 bits per heavy atom. The standard InChI is InChI=1S/C11H20N2O3S/c1-8(12-17(2,15)16)11(14)13-6-9-4-3-5-10(9)7-13/h8-10,12H,3-7H2,1-2H3/t8-,9+,10+/m0/s1. The van der Waals surface area contributed by atoms with Crippen LogP contribution in [0.15, 0.2) is 0 Å². The summed E-state index contributed by atoms with van der Waals surface area (Å²) in [5.41, 5.74) is 0. The highest BCUT2D eigenvalue weighted by Crippen LogP contribution is 2.37. The first-order valence-electron chi connectivity index (χ1n) is 6.13. The van der Waals surface area contributed by atoms with Crippen LogP contribution in [0.5, 0.6) is 0 Å². The summed E-state index contributed by atoms with van der Waals surface area (Å²) in [7, 11) is -3.31. The van der Waals surface area contributed by atoms with E-state index in [2.05, 4.69) is 4.72 Å². The van der Waals surface area contributed by atoms with Gasteiger partial charge in [-0.25, -0.2) is 13.1 Å². The van der Waals surface area contributed by atoms with Crippen LogP contribution in [-0.4, -0.2) is 44.6 Å². The van der Waals surface area contributed by atoms with Crippen molar-refractivity contribution >= 4 is 15.9 Å². The van der Waals surface area contributed by atoms with E-state index in [1.54, 1.807) is 6.92 Å². The summed E-state index contributed by atoms with van der Waals surface area (Å²) in [6.07, 6.45) is 4.77. The molecule has 0 aromatic rings. The molecule has 1 aliphatic heterocycles. The van der Waals surface area contributed by atoms with Gasteiger partial charge in [-0.2, -0.15) is 0 Å². The molecule has 1 saturated heterocycles. The summed E-state index contributed by atoms with van der Waals surface area (Å²) in [5.74, 6) is 1.19. The van der Waals surface area contributed by atoms with Gasteiger partial charge in [-0.3, -0.25) is 4.79 Å². The van der Waals surface area contributed by atoms with E-state index in [0.717, 1.165) is 19.3 Å². The normalized spacial score (nSPS) is 30.4. The number of nitrogens with one attached hydrogen (secondary N) is 1. The van der Waals surface area contributed by atoms with Crippen LogP contribution in [0.4, 0.5) is 0 Å². The molecule has 0 aromatic heterocycles. The summed E-state index contributed by atoms with van der Waals surface area (Å²) in [6.45, 7) is 3.22. The van der Waals surface area contributed by atoms with Crippen molar-refractivity contribution in [3.8, 4) is 0 Å². The van der Waals surface area contributed by atoms with Crippen LogP contribution in [0, 0.1) is 11.8 Å². The molecule has 1 N–H and O–H groups in total. The summed E-state index contributed by atoms with van der Waals surface area (Å²) >= 11 is 0. The predicted molar refractivity (Wildman–Crippen MR) is 64.9 cm³/mol. The Morgan fingerprint density at radius 3 is 2.29 bits per heavy atom. The summed E-state index contributed by atoms with van der Waals surface area (Å²) < 4.78 is 24.5. The SMILES string of the molecule is C[C@H](NS(C)(=O)=O)C(=O)N1C[C@H]2CCC[C@@H]2C1. The topological polar surface area (TPSA) is 66.5 Å². The molecule has 2 rings (SSSR count). The Labute approximate surface area is 103 Å². The average Bonchev–Trinajstić information content (AvgIpc) is 2.72. The highest BCUT2D eigenvalue weighted by molar-refractivity contribution is 7.88. The number of sulfonamides is 1. The number of fused-ring (bicyclic) bond motifs is 1. The molecule has 6 heteroatoms. The minimum Gasteiger partial charge on any atom is -0.341 e. The van der Waals surface area contributed by atoms with E-state index in [1.165, 1.54) is 19.3 Å². The lowest BCUT2D eigenvalue weighted by Crippen LogP contribution is -2.46. The fraction of sp³-hybridized carbons (Fsp3) is 0.909. The lowest BCUT2D eigenvalue weighted by atomic mass is 10.0. The van der Waals surface area contributed by atoms with Crippen LogP contribution in [0.25, 0.3) is 0 Å². The second kappa shape index (κ2) is 4.57. The van der Waals surface area contributed by atoms with E-state index in [4.69, 9.17) is 0 Å². The van der Waals surface area contributed by atoms with Gasteiger partial charge in [-0.15, -0.1) is 0 Å². The van der Waals surface area contributed by atoms with Crippen molar-refractivity contribution in [3.05, 3.63) is 0 Å². The minimum atomic E-state index is -3.31. The van der Waals surface area contributed by atoms with E-state index in [1.807, 2.05) is 4.90 Å². The maximum atomic E-state index is 12.1. The fourth-order valence-corrected chi connectivity index (χ4v) is 3.80. The molecule has 5 nitrogen and oxygen atoms in total. The van der Waals surface area contributed by atoms with E-state index in [-0.39, 0.29) is 5.91 Å². The van der Waals surface area contributed by atoms with Crippen molar-refractivity contribution in [1.29, 1.82) is 0 Å². The molecule has 17 heavy (non-hydrogen) atoms. The van der Waals surface area contributed by atoms with Gasteiger partial charge in [0.15, 0.2) is 0 Å². The van der Waals surface area contributed by atoms with Gasteiger partial charge in [0.05, 0.1) is 12.3 Å². The van der Waals surface area contributed by atoms with Gasteiger partial charge < -0.3 is 4.90 Å². The monoisotopic (exact) mass is 260 g/mol. The number of carbonyl (C=O) groups excluding carboxylic acids is 1. The molecule has 2 fully saturated rings. The van der Waals surface area contributed by atoms with E-state index in [0.29, 0.717) is 11.8 Å². The Morgan fingerprint density at radius 2 is 1.82 bits per heavy atom. The van der Waals surface area contributed by atoms with Crippen molar-refractivity contribution in [1.82, 2.24) is 9.62 Å². The van der Waals surface area contributed by atoms with Gasteiger partial charge in [-0.05, 0) is 31.6 Å². The van der Waals surface area contributed by atoms with Crippen LogP contribution < -0.4 is 4.72 Å². The second-order valence-electron chi connectivity index (χ2n) is 5.31. The van der Waals surface area contributed by atoms with Crippen molar-refractivity contribution in [3.63, 3.8) is 0 Å². The first-order chi connectivity index (χ1) is 7.87. The van der Waals surface area contributed by atoms with Crippen molar-refractivity contribution in [2.45, 2.75) is 32.2 Å². The Bertz CT molecular complexity index is 395. The number of amides is 1. The Kier molecular flexibility index (Phi) is 3.45. The van der Waals surface area contributed by atoms with Gasteiger partial charge in [0, 0.05) is 13.1 Å². The third-order valence-corrected chi connectivity index (χ3v) is 4.58. The molecule has 0 spiro atoms. The maximum Gasteiger partial charge on any atom is 0.240 e. The zero-order valence-electron chi connectivity index (χ0n) is 10.3. The van der Waals surface area contributed by atoms with Gasteiger partial charge in [-0.1, -0.05) is 6.42 Å². The molecule has 0 radical (unpaired) electrons. The molecule has 2 aliphatic rings. The highest BCUT2D eigenvalue weighted by Gasteiger charge is 2.39. The molecule has 98 valence electrons. The van der Waals surface area contributed by atoms with Crippen LogP contribution >= 0.6 is 0 Å². The number of rotatable bonds is 3. The van der Waals surface area contributed by atoms with Gasteiger partial charge in [0.1, 0.15) is 0 Å². The van der Waals surface area contributed by atoms with Crippen molar-refractivity contribution in [2.75, 3.05) is 19.3 Å². The van der Waals surface area contributed by atoms with Crippen molar-refractivity contribution in [2.24, 2.45) is 11.8 Å². The lowest BCUT2D eigenvalue weighted by molar-refractivity contribution is -0.131. The van der Waals surface area contributed by atoms with Crippen LogP contribution in [0.1, 0.15) is 26.2 Å². The molecule has 0 aromatic carbocycles. The first-order valence-corrected chi connectivity index (χ1v) is 8.02. The second-order valence-corrected chi connectivity index (χ2v) is 7.09. The average molecular weight is 260 g/mol. The van der Waals surface area contributed by atoms with Crippen LogP contribution in [0.2, 0.25) is 0 Å². The molecule has 3 atom stereocenters. The number of nitrogens with zero attached hydrogens (tertiary/aromatic N) is 1. The predicted octanol–water partition coefficient (Wildman–Crippen LogP) is 0.183. The Balaban J connectivity index is 1.93. The smallest absolute Gasteiger partial charge is 0.240 e. The highest BCUT2D eigenvalue weighted by atomic mass is 32.2. The zero-order valence-corrected chi connectivity index (χ0v) is 11.2. The van der Waals surface area contributed by atoms with Crippen molar-refractivity contribution < 1.29 is 13.2 Å². The van der Waals surface area contributed by atoms with E-state index in [9.17, 15) is 13.2 Å². The number of carbonyl (C=O) groups is 1. The third kappa shape index (κ3) is 2.98.